The molecular weight excluding hydrogens is 350 g/mol. The first-order valence-corrected chi connectivity index (χ1v) is 9.34. The lowest BCUT2D eigenvalue weighted by Crippen LogP contribution is -2.58. The maximum atomic E-state index is 12.1. The van der Waals surface area contributed by atoms with Gasteiger partial charge in [0.15, 0.2) is 12.2 Å². The standard InChI is InChI=1S/C20H39NO6/c1-13(15(22)26-17(3,4)5)24-19(9,10)21-20(11,12)25-14(2)16(23)27-18(6,7)8/h13-14,21H,1-12H3. The molecule has 7 heteroatoms. The average Bonchev–Trinajstić information content (AvgIpc) is 2.31. The van der Waals surface area contributed by atoms with Crippen LogP contribution in [-0.2, 0) is 28.5 Å². The number of carbonyl (C=O) groups excluding carboxylic acids is 2. The Morgan fingerprint density at radius 1 is 0.630 bits per heavy atom. The van der Waals surface area contributed by atoms with E-state index in [-0.39, 0.29) is 0 Å². The van der Waals surface area contributed by atoms with Crippen LogP contribution in [0, 0.1) is 0 Å². The number of ether oxygens (including phenoxy) is 4. The van der Waals surface area contributed by atoms with Gasteiger partial charge >= 0.3 is 11.9 Å². The van der Waals surface area contributed by atoms with Gasteiger partial charge in [-0.2, -0.15) is 0 Å². The lowest BCUT2D eigenvalue weighted by atomic mass is 10.2. The predicted molar refractivity (Wildman–Crippen MR) is 104 cm³/mol. The molecule has 7 nitrogen and oxygen atoms in total. The van der Waals surface area contributed by atoms with E-state index in [0.29, 0.717) is 0 Å². The second-order valence-corrected chi connectivity index (χ2v) is 9.73. The van der Waals surface area contributed by atoms with E-state index < -0.39 is 46.8 Å². The third-order valence-corrected chi connectivity index (χ3v) is 3.02. The van der Waals surface area contributed by atoms with Crippen molar-refractivity contribution in [2.24, 2.45) is 0 Å². The van der Waals surface area contributed by atoms with Gasteiger partial charge in [0.05, 0.1) is 0 Å². The topological polar surface area (TPSA) is 83.1 Å². The van der Waals surface area contributed by atoms with Crippen molar-refractivity contribution >= 4 is 11.9 Å². The van der Waals surface area contributed by atoms with E-state index in [0.717, 1.165) is 0 Å². The fourth-order valence-corrected chi connectivity index (χ4v) is 2.53. The molecule has 0 bridgehead atoms. The first-order chi connectivity index (χ1) is 11.7. The Morgan fingerprint density at radius 2 is 0.889 bits per heavy atom. The minimum atomic E-state index is -0.909. The molecule has 2 atom stereocenters. The normalized spacial score (nSPS) is 15.9. The molecule has 0 aromatic heterocycles. The second-order valence-electron chi connectivity index (χ2n) is 9.73. The van der Waals surface area contributed by atoms with Crippen LogP contribution in [0.1, 0.15) is 83.1 Å². The van der Waals surface area contributed by atoms with Crippen molar-refractivity contribution in [3.63, 3.8) is 0 Å². The van der Waals surface area contributed by atoms with Crippen molar-refractivity contribution in [3.05, 3.63) is 0 Å². The lowest BCUT2D eigenvalue weighted by Gasteiger charge is -2.39. The second kappa shape index (κ2) is 8.88. The molecule has 0 spiro atoms. The smallest absolute Gasteiger partial charge is 0.335 e. The summed E-state index contributed by atoms with van der Waals surface area (Å²) in [6.45, 7) is 21.2. The Bertz CT molecular complexity index is 468. The van der Waals surface area contributed by atoms with E-state index in [9.17, 15) is 9.59 Å². The van der Waals surface area contributed by atoms with Gasteiger partial charge in [-0.05, 0) is 83.1 Å². The van der Waals surface area contributed by atoms with E-state index in [4.69, 9.17) is 18.9 Å². The number of esters is 2. The van der Waals surface area contributed by atoms with E-state index in [1.807, 2.05) is 0 Å². The highest BCUT2D eigenvalue weighted by molar-refractivity contribution is 5.75. The van der Waals surface area contributed by atoms with Gasteiger partial charge in [0.1, 0.15) is 22.7 Å². The molecule has 0 saturated heterocycles. The summed E-state index contributed by atoms with van der Waals surface area (Å²) in [5.41, 5.74) is -2.99. The monoisotopic (exact) mass is 389 g/mol. The Hall–Kier alpha value is -1.18. The fourth-order valence-electron chi connectivity index (χ4n) is 2.53. The van der Waals surface area contributed by atoms with Crippen LogP contribution < -0.4 is 5.32 Å². The number of nitrogens with one attached hydrogen (secondary N) is 1. The van der Waals surface area contributed by atoms with Gasteiger partial charge in [-0.1, -0.05) is 0 Å². The van der Waals surface area contributed by atoms with Crippen LogP contribution in [0.15, 0.2) is 0 Å². The summed E-state index contributed by atoms with van der Waals surface area (Å²) in [5.74, 6) is -0.892. The zero-order valence-electron chi connectivity index (χ0n) is 19.1. The first kappa shape index (κ1) is 25.8. The van der Waals surface area contributed by atoms with E-state index in [1.54, 1.807) is 83.1 Å². The molecule has 0 amide bonds. The fraction of sp³-hybridized carbons (Fsp3) is 0.900. The number of hydrogen-bond acceptors (Lipinski definition) is 7. The van der Waals surface area contributed by atoms with Crippen LogP contribution >= 0.6 is 0 Å². The highest BCUT2D eigenvalue weighted by Crippen LogP contribution is 2.20. The Labute approximate surface area is 164 Å². The molecule has 0 heterocycles. The molecule has 0 saturated carbocycles. The first-order valence-electron chi connectivity index (χ1n) is 9.34. The van der Waals surface area contributed by atoms with E-state index in [1.165, 1.54) is 0 Å². The van der Waals surface area contributed by atoms with Crippen LogP contribution in [0.3, 0.4) is 0 Å². The summed E-state index contributed by atoms with van der Waals surface area (Å²) in [5, 5.41) is 3.17. The van der Waals surface area contributed by atoms with Crippen LogP contribution in [0.4, 0.5) is 0 Å². The zero-order chi connectivity index (χ0) is 21.8. The van der Waals surface area contributed by atoms with Gasteiger partial charge in [-0.3, -0.25) is 5.32 Å². The molecule has 0 aliphatic rings. The number of rotatable bonds is 8. The predicted octanol–water partition coefficient (Wildman–Crippen LogP) is 3.54. The van der Waals surface area contributed by atoms with Gasteiger partial charge in [0.2, 0.25) is 0 Å². The number of carbonyl (C=O) groups is 2. The molecule has 0 rings (SSSR count). The Balaban J connectivity index is 4.84. The highest BCUT2D eigenvalue weighted by atomic mass is 16.6. The largest absolute Gasteiger partial charge is 0.458 e. The maximum absolute atomic E-state index is 12.1. The van der Waals surface area contributed by atoms with Crippen molar-refractivity contribution in [1.82, 2.24) is 5.32 Å². The molecule has 160 valence electrons. The molecule has 2 unspecified atom stereocenters. The summed E-state index contributed by atoms with van der Waals surface area (Å²) >= 11 is 0. The summed E-state index contributed by atoms with van der Waals surface area (Å²) in [7, 11) is 0. The SMILES string of the molecule is CC(OC(C)(C)NC(C)(C)OC(C)C(=O)OC(C)(C)C)C(=O)OC(C)(C)C. The molecule has 0 aromatic rings. The third-order valence-electron chi connectivity index (χ3n) is 3.02. The minimum absolute atomic E-state index is 0.446. The quantitative estimate of drug-likeness (QED) is 0.502. The van der Waals surface area contributed by atoms with Crippen molar-refractivity contribution in [2.75, 3.05) is 0 Å². The van der Waals surface area contributed by atoms with Crippen LogP contribution in [0.5, 0.6) is 0 Å². The van der Waals surface area contributed by atoms with Gasteiger partial charge in [-0.25, -0.2) is 9.59 Å². The molecule has 0 aliphatic heterocycles. The lowest BCUT2D eigenvalue weighted by molar-refractivity contribution is -0.201. The summed E-state index contributed by atoms with van der Waals surface area (Å²) in [6, 6.07) is 0. The molecule has 1 N–H and O–H groups in total. The van der Waals surface area contributed by atoms with E-state index >= 15 is 0 Å². The minimum Gasteiger partial charge on any atom is -0.458 e. The number of hydrogen-bond donors (Lipinski definition) is 1. The molecule has 27 heavy (non-hydrogen) atoms. The molecule has 0 radical (unpaired) electrons. The van der Waals surface area contributed by atoms with Crippen molar-refractivity contribution in [2.45, 2.75) is 118 Å². The van der Waals surface area contributed by atoms with Crippen LogP contribution in [0.2, 0.25) is 0 Å². The van der Waals surface area contributed by atoms with Crippen molar-refractivity contribution in [3.8, 4) is 0 Å². The van der Waals surface area contributed by atoms with Crippen molar-refractivity contribution in [1.29, 1.82) is 0 Å². The molecular formula is C20H39NO6. The van der Waals surface area contributed by atoms with Crippen LogP contribution in [-0.4, -0.2) is 46.8 Å². The Morgan fingerprint density at radius 3 is 1.11 bits per heavy atom. The zero-order valence-corrected chi connectivity index (χ0v) is 19.1. The van der Waals surface area contributed by atoms with Gasteiger partial charge in [0.25, 0.3) is 0 Å². The molecule has 0 fully saturated rings. The summed E-state index contributed by atoms with van der Waals surface area (Å²) < 4.78 is 22.3. The maximum Gasteiger partial charge on any atom is 0.335 e. The van der Waals surface area contributed by atoms with Gasteiger partial charge in [-0.15, -0.1) is 0 Å². The molecule has 0 aliphatic carbocycles. The average molecular weight is 390 g/mol. The summed E-state index contributed by atoms with van der Waals surface area (Å²) in [4.78, 5) is 24.3. The summed E-state index contributed by atoms with van der Waals surface area (Å²) in [6.07, 6.45) is -1.54. The van der Waals surface area contributed by atoms with Gasteiger partial charge < -0.3 is 18.9 Å². The Kier molecular flexibility index (Phi) is 8.49. The van der Waals surface area contributed by atoms with Crippen molar-refractivity contribution < 1.29 is 28.5 Å². The van der Waals surface area contributed by atoms with Crippen LogP contribution in [0.25, 0.3) is 0 Å². The van der Waals surface area contributed by atoms with E-state index in [2.05, 4.69) is 5.32 Å². The highest BCUT2D eigenvalue weighted by Gasteiger charge is 2.36. The van der Waals surface area contributed by atoms with Gasteiger partial charge in [0, 0.05) is 0 Å². The molecule has 0 aromatic carbocycles. The third kappa shape index (κ3) is 12.0.